The molecule has 2 amide bonds. The summed E-state index contributed by atoms with van der Waals surface area (Å²) in [6.45, 7) is 0. The molecule has 2 aromatic carbocycles. The minimum atomic E-state index is -0.692. The molecule has 27 heavy (non-hydrogen) atoms. The highest BCUT2D eigenvalue weighted by Crippen LogP contribution is 2.51. The summed E-state index contributed by atoms with van der Waals surface area (Å²) in [6.07, 6.45) is -0.0298. The summed E-state index contributed by atoms with van der Waals surface area (Å²) in [4.78, 5) is 23.8. The molecule has 1 heterocycles. The molecule has 1 aliphatic rings. The number of halogens is 1. The number of carbonyl (C=O) groups is 2. The SMILES string of the molecule is COc1cc2c(c(OC)c1OC)C(c1cc(C(N)=O)ccc1F)CC(=O)N2. The van der Waals surface area contributed by atoms with Crippen LogP contribution in [0.1, 0.15) is 33.8 Å². The van der Waals surface area contributed by atoms with Crippen LogP contribution in [0.25, 0.3) is 0 Å². The summed E-state index contributed by atoms with van der Waals surface area (Å²) in [5, 5.41) is 2.75. The molecule has 1 unspecified atom stereocenters. The highest BCUT2D eigenvalue weighted by Gasteiger charge is 2.35. The first kappa shape index (κ1) is 18.5. The summed E-state index contributed by atoms with van der Waals surface area (Å²) in [5.74, 6) is -1.22. The molecular weight excluding hydrogens is 355 g/mol. The third-order valence-electron chi connectivity index (χ3n) is 4.54. The number of fused-ring (bicyclic) bond motifs is 1. The van der Waals surface area contributed by atoms with Crippen molar-refractivity contribution in [2.24, 2.45) is 5.73 Å². The van der Waals surface area contributed by atoms with E-state index in [-0.39, 0.29) is 23.5 Å². The van der Waals surface area contributed by atoms with Gasteiger partial charge in [-0.2, -0.15) is 0 Å². The maximum absolute atomic E-state index is 14.6. The van der Waals surface area contributed by atoms with E-state index >= 15 is 0 Å². The summed E-state index contributed by atoms with van der Waals surface area (Å²) in [5.41, 5.74) is 6.61. The van der Waals surface area contributed by atoms with Gasteiger partial charge in [-0.25, -0.2) is 4.39 Å². The van der Waals surface area contributed by atoms with E-state index in [1.165, 1.54) is 33.5 Å². The molecule has 0 saturated heterocycles. The average molecular weight is 374 g/mol. The quantitative estimate of drug-likeness (QED) is 0.837. The van der Waals surface area contributed by atoms with E-state index < -0.39 is 17.6 Å². The van der Waals surface area contributed by atoms with Gasteiger partial charge in [-0.05, 0) is 23.8 Å². The third kappa shape index (κ3) is 3.14. The Hall–Kier alpha value is -3.29. The summed E-state index contributed by atoms with van der Waals surface area (Å²) in [7, 11) is 4.36. The van der Waals surface area contributed by atoms with Gasteiger partial charge >= 0.3 is 0 Å². The largest absolute Gasteiger partial charge is 0.493 e. The molecule has 0 radical (unpaired) electrons. The van der Waals surface area contributed by atoms with Crippen LogP contribution in [0.5, 0.6) is 17.2 Å². The van der Waals surface area contributed by atoms with E-state index in [4.69, 9.17) is 19.9 Å². The van der Waals surface area contributed by atoms with Crippen molar-refractivity contribution in [2.75, 3.05) is 26.6 Å². The molecule has 1 atom stereocenters. The lowest BCUT2D eigenvalue weighted by Crippen LogP contribution is -2.25. The molecule has 0 spiro atoms. The molecule has 0 aromatic heterocycles. The number of primary amides is 1. The van der Waals surface area contributed by atoms with Crippen LogP contribution in [-0.2, 0) is 4.79 Å². The Morgan fingerprint density at radius 2 is 1.85 bits per heavy atom. The van der Waals surface area contributed by atoms with E-state index in [1.807, 2.05) is 0 Å². The fourth-order valence-corrected chi connectivity index (χ4v) is 3.35. The van der Waals surface area contributed by atoms with Gasteiger partial charge in [-0.15, -0.1) is 0 Å². The number of benzene rings is 2. The molecule has 142 valence electrons. The second-order valence-electron chi connectivity index (χ2n) is 6.01. The zero-order valence-electron chi connectivity index (χ0n) is 15.1. The number of hydrogen-bond donors (Lipinski definition) is 2. The maximum Gasteiger partial charge on any atom is 0.248 e. The van der Waals surface area contributed by atoms with Crippen molar-refractivity contribution in [2.45, 2.75) is 12.3 Å². The first-order chi connectivity index (χ1) is 12.9. The van der Waals surface area contributed by atoms with Gasteiger partial charge < -0.3 is 25.3 Å². The fourth-order valence-electron chi connectivity index (χ4n) is 3.35. The normalized spacial score (nSPS) is 15.6. The van der Waals surface area contributed by atoms with E-state index in [1.54, 1.807) is 6.07 Å². The lowest BCUT2D eigenvalue weighted by atomic mass is 9.83. The molecule has 3 N–H and O–H groups in total. The zero-order valence-corrected chi connectivity index (χ0v) is 15.1. The standard InChI is InChI=1S/C19H19FN2O5/c1-25-14-8-13-16(18(27-3)17(14)26-2)11(7-15(23)22-13)10-6-9(19(21)24)4-5-12(10)20/h4-6,8,11H,7H2,1-3H3,(H2,21,24)(H,22,23). The second-order valence-corrected chi connectivity index (χ2v) is 6.01. The van der Waals surface area contributed by atoms with E-state index in [9.17, 15) is 14.0 Å². The Kier molecular flexibility index (Phi) is 4.89. The fraction of sp³-hybridized carbons (Fsp3) is 0.263. The van der Waals surface area contributed by atoms with E-state index in [2.05, 4.69) is 5.32 Å². The number of carbonyl (C=O) groups excluding carboxylic acids is 2. The number of rotatable bonds is 5. The van der Waals surface area contributed by atoms with Gasteiger partial charge in [0, 0.05) is 29.5 Å². The van der Waals surface area contributed by atoms with Crippen LogP contribution in [0.15, 0.2) is 24.3 Å². The number of nitrogens with one attached hydrogen (secondary N) is 1. The monoisotopic (exact) mass is 374 g/mol. The summed E-state index contributed by atoms with van der Waals surface area (Å²) in [6, 6.07) is 5.42. The average Bonchev–Trinajstić information content (AvgIpc) is 2.65. The molecule has 0 saturated carbocycles. The highest BCUT2D eigenvalue weighted by molar-refractivity contribution is 5.97. The van der Waals surface area contributed by atoms with Crippen molar-refractivity contribution < 1.29 is 28.2 Å². The van der Waals surface area contributed by atoms with E-state index in [0.29, 0.717) is 28.5 Å². The van der Waals surface area contributed by atoms with Crippen LogP contribution < -0.4 is 25.3 Å². The number of ether oxygens (including phenoxy) is 3. The Morgan fingerprint density at radius 3 is 2.44 bits per heavy atom. The molecule has 0 aliphatic carbocycles. The van der Waals surface area contributed by atoms with E-state index in [0.717, 1.165) is 6.07 Å². The van der Waals surface area contributed by atoms with Crippen molar-refractivity contribution in [3.8, 4) is 17.2 Å². The molecule has 0 bridgehead atoms. The van der Waals surface area contributed by atoms with Gasteiger partial charge in [0.15, 0.2) is 11.5 Å². The third-order valence-corrected chi connectivity index (χ3v) is 4.54. The Balaban J connectivity index is 2.29. The predicted octanol–water partition coefficient (Wildman–Crippen LogP) is 2.42. The molecular formula is C19H19FN2O5. The van der Waals surface area contributed by atoms with Crippen molar-refractivity contribution >= 4 is 17.5 Å². The topological polar surface area (TPSA) is 99.9 Å². The van der Waals surface area contributed by atoms with Gasteiger partial charge in [-0.1, -0.05) is 0 Å². The van der Waals surface area contributed by atoms with Gasteiger partial charge in [0.1, 0.15) is 5.82 Å². The van der Waals surface area contributed by atoms with Crippen molar-refractivity contribution in [1.29, 1.82) is 0 Å². The van der Waals surface area contributed by atoms with Crippen molar-refractivity contribution in [3.05, 3.63) is 46.8 Å². The number of hydrogen-bond acceptors (Lipinski definition) is 5. The Labute approximate surface area is 155 Å². The number of anilines is 1. The van der Waals surface area contributed by atoms with Gasteiger partial charge in [0.2, 0.25) is 17.6 Å². The molecule has 0 fully saturated rings. The second kappa shape index (κ2) is 7.14. The smallest absolute Gasteiger partial charge is 0.248 e. The number of amides is 2. The van der Waals surface area contributed by atoms with Crippen molar-refractivity contribution in [1.82, 2.24) is 0 Å². The van der Waals surface area contributed by atoms with Crippen LogP contribution >= 0.6 is 0 Å². The first-order valence-electron chi connectivity index (χ1n) is 8.13. The lowest BCUT2D eigenvalue weighted by molar-refractivity contribution is -0.116. The van der Waals surface area contributed by atoms with Crippen LogP contribution in [0.3, 0.4) is 0 Å². The molecule has 8 heteroatoms. The van der Waals surface area contributed by atoms with Gasteiger partial charge in [-0.3, -0.25) is 9.59 Å². The van der Waals surface area contributed by atoms with Gasteiger partial charge in [0.05, 0.1) is 27.0 Å². The highest BCUT2D eigenvalue weighted by atomic mass is 19.1. The zero-order chi connectivity index (χ0) is 19.7. The maximum atomic E-state index is 14.6. The van der Waals surface area contributed by atoms with Crippen molar-refractivity contribution in [3.63, 3.8) is 0 Å². The van der Waals surface area contributed by atoms with Crippen LogP contribution in [-0.4, -0.2) is 33.1 Å². The summed E-state index contributed by atoms with van der Waals surface area (Å²) < 4.78 is 30.8. The van der Waals surface area contributed by atoms with Crippen LogP contribution in [0.2, 0.25) is 0 Å². The molecule has 7 nitrogen and oxygen atoms in total. The number of methoxy groups -OCH3 is 3. The predicted molar refractivity (Wildman–Crippen MR) is 96.1 cm³/mol. The van der Waals surface area contributed by atoms with Crippen LogP contribution in [0, 0.1) is 5.82 Å². The minimum Gasteiger partial charge on any atom is -0.493 e. The molecule has 2 aromatic rings. The Morgan fingerprint density at radius 1 is 1.15 bits per heavy atom. The lowest BCUT2D eigenvalue weighted by Gasteiger charge is -2.29. The van der Waals surface area contributed by atoms with Gasteiger partial charge in [0.25, 0.3) is 0 Å². The minimum absolute atomic E-state index is 0.0298. The summed E-state index contributed by atoms with van der Waals surface area (Å²) >= 11 is 0. The molecule has 3 rings (SSSR count). The number of nitrogens with two attached hydrogens (primary N) is 1. The first-order valence-corrected chi connectivity index (χ1v) is 8.13. The molecule has 1 aliphatic heterocycles. The Bertz CT molecular complexity index is 929. The van der Waals surface area contributed by atoms with Crippen LogP contribution in [0.4, 0.5) is 10.1 Å².